The summed E-state index contributed by atoms with van der Waals surface area (Å²) in [7, 11) is 4.62. The molecule has 1 unspecified atom stereocenters. The van der Waals surface area contributed by atoms with Crippen LogP contribution in [0.5, 0.6) is 17.2 Å². The van der Waals surface area contributed by atoms with E-state index in [-0.39, 0.29) is 0 Å². The van der Waals surface area contributed by atoms with Crippen molar-refractivity contribution in [3.05, 3.63) is 52.5 Å². The molecule has 1 N–H and O–H groups in total. The second kappa shape index (κ2) is 6.70. The number of rotatable bonds is 5. The van der Waals surface area contributed by atoms with Crippen LogP contribution >= 0.6 is 11.6 Å². The Hall–Kier alpha value is -1.91. The Balaban J connectivity index is 2.56. The van der Waals surface area contributed by atoms with E-state index in [0.717, 1.165) is 0 Å². The minimum absolute atomic E-state index is 0.503. The summed E-state index contributed by atoms with van der Waals surface area (Å²) in [6.45, 7) is 0. The highest BCUT2D eigenvalue weighted by Gasteiger charge is 2.23. The maximum absolute atomic E-state index is 10.7. The lowest BCUT2D eigenvalue weighted by molar-refractivity contribution is 0.204. The molecule has 2 aromatic rings. The van der Waals surface area contributed by atoms with Crippen molar-refractivity contribution in [1.29, 1.82) is 0 Å². The summed E-state index contributed by atoms with van der Waals surface area (Å²) < 4.78 is 15.9. The zero-order valence-corrected chi connectivity index (χ0v) is 12.8. The van der Waals surface area contributed by atoms with Crippen LogP contribution in [0.25, 0.3) is 0 Å². The fourth-order valence-electron chi connectivity index (χ4n) is 2.22. The molecule has 21 heavy (non-hydrogen) atoms. The van der Waals surface area contributed by atoms with E-state index in [1.54, 1.807) is 50.6 Å². The predicted octanol–water partition coefficient (Wildman–Crippen LogP) is 3.45. The molecule has 0 aromatic heterocycles. The van der Waals surface area contributed by atoms with Gasteiger partial charge in [0.05, 0.1) is 26.9 Å². The predicted molar refractivity (Wildman–Crippen MR) is 81.6 cm³/mol. The molecular formula is C16H17ClO4. The van der Waals surface area contributed by atoms with Gasteiger partial charge in [0.25, 0.3) is 0 Å². The first-order valence-corrected chi connectivity index (χ1v) is 6.72. The van der Waals surface area contributed by atoms with Gasteiger partial charge in [-0.1, -0.05) is 23.7 Å². The molecule has 112 valence electrons. The molecule has 0 radical (unpaired) electrons. The van der Waals surface area contributed by atoms with E-state index >= 15 is 0 Å². The molecule has 0 fully saturated rings. The number of halogens is 1. The third-order valence-corrected chi connectivity index (χ3v) is 3.46. The molecule has 1 atom stereocenters. The van der Waals surface area contributed by atoms with Gasteiger partial charge in [-0.2, -0.15) is 0 Å². The van der Waals surface area contributed by atoms with Crippen LogP contribution in [0.15, 0.2) is 36.4 Å². The van der Waals surface area contributed by atoms with E-state index in [1.807, 2.05) is 0 Å². The largest absolute Gasteiger partial charge is 0.496 e. The second-order valence-electron chi connectivity index (χ2n) is 4.37. The highest BCUT2D eigenvalue weighted by atomic mass is 35.5. The van der Waals surface area contributed by atoms with Crippen LogP contribution in [-0.4, -0.2) is 26.4 Å². The minimum Gasteiger partial charge on any atom is -0.496 e. The van der Waals surface area contributed by atoms with Crippen LogP contribution < -0.4 is 14.2 Å². The molecule has 2 rings (SSSR count). The zero-order chi connectivity index (χ0) is 15.4. The average molecular weight is 309 g/mol. The Kier molecular flexibility index (Phi) is 4.94. The van der Waals surface area contributed by atoms with Crippen molar-refractivity contribution in [2.24, 2.45) is 0 Å². The van der Waals surface area contributed by atoms with Crippen molar-refractivity contribution in [3.8, 4) is 17.2 Å². The zero-order valence-electron chi connectivity index (χ0n) is 12.1. The van der Waals surface area contributed by atoms with Crippen molar-refractivity contribution in [2.45, 2.75) is 6.10 Å². The van der Waals surface area contributed by atoms with E-state index in [0.29, 0.717) is 33.4 Å². The Morgan fingerprint density at radius 1 is 0.905 bits per heavy atom. The number of hydrogen-bond acceptors (Lipinski definition) is 4. The molecule has 0 amide bonds. The first-order chi connectivity index (χ1) is 10.1. The molecule has 0 spiro atoms. The van der Waals surface area contributed by atoms with Crippen molar-refractivity contribution in [2.75, 3.05) is 21.3 Å². The number of methoxy groups -OCH3 is 3. The molecule has 0 aliphatic rings. The van der Waals surface area contributed by atoms with Crippen LogP contribution in [0.2, 0.25) is 5.02 Å². The SMILES string of the molecule is COc1cc(Cl)ccc1C(O)c1c(OC)cccc1OC. The van der Waals surface area contributed by atoms with Crippen LogP contribution in [0, 0.1) is 0 Å². The molecular weight excluding hydrogens is 292 g/mol. The third-order valence-electron chi connectivity index (χ3n) is 3.23. The van der Waals surface area contributed by atoms with Gasteiger partial charge in [-0.25, -0.2) is 0 Å². The van der Waals surface area contributed by atoms with Gasteiger partial charge in [0.2, 0.25) is 0 Å². The minimum atomic E-state index is -0.955. The van der Waals surface area contributed by atoms with Gasteiger partial charge in [-0.3, -0.25) is 0 Å². The van der Waals surface area contributed by atoms with E-state index < -0.39 is 6.10 Å². The van der Waals surface area contributed by atoms with E-state index in [1.165, 1.54) is 7.11 Å². The van der Waals surface area contributed by atoms with Gasteiger partial charge in [0, 0.05) is 10.6 Å². The maximum atomic E-state index is 10.7. The molecule has 5 heteroatoms. The summed E-state index contributed by atoms with van der Waals surface area (Å²) in [6.07, 6.45) is -0.955. The summed E-state index contributed by atoms with van der Waals surface area (Å²) in [5.41, 5.74) is 1.13. The summed E-state index contributed by atoms with van der Waals surface area (Å²) in [5, 5.41) is 11.3. The van der Waals surface area contributed by atoms with Gasteiger partial charge in [0.1, 0.15) is 23.4 Å². The molecule has 0 aliphatic carbocycles. The molecule has 0 saturated heterocycles. The van der Waals surface area contributed by atoms with Crippen LogP contribution in [0.4, 0.5) is 0 Å². The second-order valence-corrected chi connectivity index (χ2v) is 4.80. The van der Waals surface area contributed by atoms with Gasteiger partial charge >= 0.3 is 0 Å². The molecule has 0 aliphatic heterocycles. The molecule has 0 saturated carbocycles. The monoisotopic (exact) mass is 308 g/mol. The van der Waals surface area contributed by atoms with Crippen LogP contribution in [0.1, 0.15) is 17.2 Å². The number of aliphatic hydroxyl groups excluding tert-OH is 1. The van der Waals surface area contributed by atoms with Gasteiger partial charge in [-0.05, 0) is 24.3 Å². The first-order valence-electron chi connectivity index (χ1n) is 6.34. The smallest absolute Gasteiger partial charge is 0.128 e. The van der Waals surface area contributed by atoms with Crippen molar-refractivity contribution in [1.82, 2.24) is 0 Å². The fraction of sp³-hybridized carbons (Fsp3) is 0.250. The Morgan fingerprint density at radius 3 is 2.00 bits per heavy atom. The normalized spacial score (nSPS) is 11.9. The Labute approximate surface area is 128 Å². The average Bonchev–Trinajstić information content (AvgIpc) is 2.53. The highest BCUT2D eigenvalue weighted by Crippen LogP contribution is 2.40. The molecule has 0 heterocycles. The quantitative estimate of drug-likeness (QED) is 0.919. The lowest BCUT2D eigenvalue weighted by Gasteiger charge is -2.20. The van der Waals surface area contributed by atoms with Crippen molar-refractivity contribution in [3.63, 3.8) is 0 Å². The fourth-order valence-corrected chi connectivity index (χ4v) is 2.38. The lowest BCUT2D eigenvalue weighted by Crippen LogP contribution is -2.06. The van der Waals surface area contributed by atoms with Gasteiger partial charge in [-0.15, -0.1) is 0 Å². The van der Waals surface area contributed by atoms with E-state index in [9.17, 15) is 5.11 Å². The molecule has 4 nitrogen and oxygen atoms in total. The van der Waals surface area contributed by atoms with Crippen LogP contribution in [0.3, 0.4) is 0 Å². The first kappa shape index (κ1) is 15.5. The van der Waals surface area contributed by atoms with E-state index in [4.69, 9.17) is 25.8 Å². The Bertz CT molecular complexity index is 605. The van der Waals surface area contributed by atoms with E-state index in [2.05, 4.69) is 0 Å². The summed E-state index contributed by atoms with van der Waals surface area (Å²) >= 11 is 5.95. The molecule has 0 bridgehead atoms. The van der Waals surface area contributed by atoms with Crippen LogP contribution in [-0.2, 0) is 0 Å². The maximum Gasteiger partial charge on any atom is 0.128 e. The van der Waals surface area contributed by atoms with Crippen molar-refractivity contribution < 1.29 is 19.3 Å². The standard InChI is InChI=1S/C16H17ClO4/c1-19-12-5-4-6-13(20-2)15(12)16(18)11-8-7-10(17)9-14(11)21-3/h4-9,16,18H,1-3H3. The van der Waals surface area contributed by atoms with Crippen molar-refractivity contribution >= 4 is 11.6 Å². The Morgan fingerprint density at radius 2 is 1.48 bits per heavy atom. The summed E-state index contributed by atoms with van der Waals surface area (Å²) in [6, 6.07) is 10.4. The number of hydrogen-bond donors (Lipinski definition) is 1. The number of aliphatic hydroxyl groups is 1. The molecule has 2 aromatic carbocycles. The summed E-state index contributed by atoms with van der Waals surface area (Å²) in [5.74, 6) is 1.58. The third kappa shape index (κ3) is 3.06. The topological polar surface area (TPSA) is 47.9 Å². The summed E-state index contributed by atoms with van der Waals surface area (Å²) in [4.78, 5) is 0. The lowest BCUT2D eigenvalue weighted by atomic mass is 9.98. The highest BCUT2D eigenvalue weighted by molar-refractivity contribution is 6.30. The number of ether oxygens (including phenoxy) is 3. The van der Waals surface area contributed by atoms with Gasteiger partial charge in [0.15, 0.2) is 0 Å². The van der Waals surface area contributed by atoms with Gasteiger partial charge < -0.3 is 19.3 Å². The number of benzene rings is 2.